The summed E-state index contributed by atoms with van der Waals surface area (Å²) in [6.07, 6.45) is 3.80. The molecule has 1 saturated carbocycles. The van der Waals surface area contributed by atoms with Crippen molar-refractivity contribution in [2.75, 3.05) is 11.9 Å². The Balaban J connectivity index is 1.55. The number of halogens is 1. The normalized spacial score (nSPS) is 15.9. The first-order valence-corrected chi connectivity index (χ1v) is 8.21. The quantitative estimate of drug-likeness (QED) is 0.798. The highest BCUT2D eigenvalue weighted by molar-refractivity contribution is 7.20. The number of anilines is 1. The van der Waals surface area contributed by atoms with E-state index in [1.807, 2.05) is 12.1 Å². The van der Waals surface area contributed by atoms with E-state index in [0.717, 1.165) is 29.5 Å². The first-order chi connectivity index (χ1) is 10.7. The largest absolute Gasteiger partial charge is 0.359 e. The van der Waals surface area contributed by atoms with Crippen molar-refractivity contribution in [2.45, 2.75) is 18.3 Å². The summed E-state index contributed by atoms with van der Waals surface area (Å²) >= 11 is 7.34. The van der Waals surface area contributed by atoms with Gasteiger partial charge in [0.1, 0.15) is 0 Å². The lowest BCUT2D eigenvalue weighted by Gasteiger charge is -2.16. The van der Waals surface area contributed by atoms with Crippen LogP contribution in [-0.4, -0.2) is 21.1 Å². The molecule has 0 aliphatic heterocycles. The summed E-state index contributed by atoms with van der Waals surface area (Å²) in [7, 11) is 0. The highest BCUT2D eigenvalue weighted by Gasteiger charge is 2.44. The Kier molecular flexibility index (Phi) is 3.16. The zero-order valence-corrected chi connectivity index (χ0v) is 13.2. The summed E-state index contributed by atoms with van der Waals surface area (Å²) in [5, 5.41) is 9.10. The molecule has 7 heteroatoms. The van der Waals surface area contributed by atoms with Crippen LogP contribution < -0.4 is 10.9 Å². The van der Waals surface area contributed by atoms with Crippen molar-refractivity contribution >= 4 is 33.0 Å². The number of hydrogen-bond donors (Lipinski definition) is 1. The van der Waals surface area contributed by atoms with E-state index in [-0.39, 0.29) is 11.0 Å². The molecule has 0 saturated heterocycles. The predicted molar refractivity (Wildman–Crippen MR) is 88.0 cm³/mol. The lowest BCUT2D eigenvalue weighted by molar-refractivity contribution is 0.729. The van der Waals surface area contributed by atoms with E-state index in [2.05, 4.69) is 27.5 Å². The number of fused-ring (bicyclic) bond motifs is 1. The monoisotopic (exact) mass is 332 g/mol. The minimum atomic E-state index is -0.159. The molecule has 1 N–H and O–H groups in total. The van der Waals surface area contributed by atoms with Crippen LogP contribution >= 0.6 is 22.9 Å². The average molecular weight is 333 g/mol. The minimum Gasteiger partial charge on any atom is -0.359 e. The van der Waals surface area contributed by atoms with Crippen molar-refractivity contribution in [3.8, 4) is 0 Å². The van der Waals surface area contributed by atoms with Gasteiger partial charge in [-0.3, -0.25) is 4.79 Å². The topological polar surface area (TPSA) is 59.3 Å². The highest BCUT2D eigenvalue weighted by atomic mass is 35.5. The number of hydrogen-bond acceptors (Lipinski definition) is 5. The maximum absolute atomic E-state index is 11.7. The van der Waals surface area contributed by atoms with Gasteiger partial charge in [0.25, 0.3) is 5.56 Å². The summed E-state index contributed by atoms with van der Waals surface area (Å²) in [5.41, 5.74) is 1.29. The molecular weight excluding hydrogens is 320 g/mol. The third-order valence-electron chi connectivity index (χ3n) is 4.06. The Morgan fingerprint density at radius 2 is 2.05 bits per heavy atom. The smallest absolute Gasteiger partial charge is 0.275 e. The molecule has 5 nitrogen and oxygen atoms in total. The zero-order valence-electron chi connectivity index (χ0n) is 11.6. The molecule has 4 rings (SSSR count). The van der Waals surface area contributed by atoms with Crippen molar-refractivity contribution < 1.29 is 0 Å². The van der Waals surface area contributed by atoms with Gasteiger partial charge in [0.2, 0.25) is 10.1 Å². The Morgan fingerprint density at radius 3 is 2.73 bits per heavy atom. The van der Waals surface area contributed by atoms with E-state index in [1.54, 1.807) is 0 Å². The maximum atomic E-state index is 11.7. The fourth-order valence-electron chi connectivity index (χ4n) is 2.58. The van der Waals surface area contributed by atoms with Crippen LogP contribution in [-0.2, 0) is 5.41 Å². The Bertz CT molecular complexity index is 882. The third-order valence-corrected chi connectivity index (χ3v) is 5.19. The second-order valence-electron chi connectivity index (χ2n) is 5.53. The minimum absolute atomic E-state index is 0.154. The molecule has 0 amide bonds. The Morgan fingerprint density at radius 1 is 1.27 bits per heavy atom. The molecule has 22 heavy (non-hydrogen) atoms. The first kappa shape index (κ1) is 13.7. The van der Waals surface area contributed by atoms with Crippen molar-refractivity contribution in [1.29, 1.82) is 0 Å². The number of benzene rings is 1. The summed E-state index contributed by atoms with van der Waals surface area (Å²) < 4.78 is 1.33. The van der Waals surface area contributed by atoms with Crippen molar-refractivity contribution in [2.24, 2.45) is 0 Å². The van der Waals surface area contributed by atoms with Crippen molar-refractivity contribution in [3.63, 3.8) is 0 Å². The number of rotatable bonds is 4. The van der Waals surface area contributed by atoms with E-state index < -0.39 is 0 Å². The molecule has 2 heterocycles. The molecule has 0 unspecified atom stereocenters. The first-order valence-electron chi connectivity index (χ1n) is 7.01. The molecule has 1 aromatic carbocycles. The van der Waals surface area contributed by atoms with Crippen LogP contribution in [0.25, 0.3) is 4.96 Å². The summed E-state index contributed by atoms with van der Waals surface area (Å²) in [6, 6.07) is 9.44. The molecule has 3 aromatic rings. The maximum Gasteiger partial charge on any atom is 0.275 e. The van der Waals surface area contributed by atoms with Gasteiger partial charge in [-0.1, -0.05) is 35.1 Å². The molecule has 0 spiro atoms. The van der Waals surface area contributed by atoms with Crippen LogP contribution in [0, 0.1) is 0 Å². The summed E-state index contributed by atoms with van der Waals surface area (Å²) in [4.78, 5) is 16.4. The molecule has 112 valence electrons. The lowest BCUT2D eigenvalue weighted by Crippen LogP contribution is -2.20. The van der Waals surface area contributed by atoms with E-state index in [0.29, 0.717) is 4.96 Å². The van der Waals surface area contributed by atoms with Gasteiger partial charge < -0.3 is 5.32 Å². The summed E-state index contributed by atoms with van der Waals surface area (Å²) in [6.45, 7) is 0.795. The van der Waals surface area contributed by atoms with Gasteiger partial charge in [-0.15, -0.1) is 5.10 Å². The van der Waals surface area contributed by atoms with Crippen LogP contribution in [0.3, 0.4) is 0 Å². The molecule has 1 aliphatic carbocycles. The molecule has 0 atom stereocenters. The van der Waals surface area contributed by atoms with Gasteiger partial charge in [0.15, 0.2) is 0 Å². The van der Waals surface area contributed by atoms with Crippen LogP contribution in [0.15, 0.2) is 41.3 Å². The zero-order chi connectivity index (χ0) is 15.2. The summed E-state index contributed by atoms with van der Waals surface area (Å²) in [5.74, 6) is 0. The number of nitrogens with one attached hydrogen (secondary N) is 1. The van der Waals surface area contributed by atoms with Gasteiger partial charge in [-0.05, 0) is 30.5 Å². The molecule has 0 bridgehead atoms. The van der Waals surface area contributed by atoms with Crippen LogP contribution in [0.2, 0.25) is 5.02 Å². The Hall–Kier alpha value is -1.92. The van der Waals surface area contributed by atoms with Gasteiger partial charge >= 0.3 is 0 Å². The third kappa shape index (κ3) is 2.38. The Labute approximate surface area is 135 Å². The second-order valence-corrected chi connectivity index (χ2v) is 6.92. The van der Waals surface area contributed by atoms with Crippen molar-refractivity contribution in [3.05, 3.63) is 57.5 Å². The molecule has 0 radical (unpaired) electrons. The van der Waals surface area contributed by atoms with Crippen LogP contribution in [0.4, 0.5) is 5.13 Å². The standard InChI is InChI=1S/C15H13ClN4OS/c16-11-3-1-10(2-4-11)15(6-7-15)9-18-13-19-20-12(21)5-8-17-14(20)22-13/h1-5,8H,6-7,9H2,(H,18,19). The molecule has 1 aliphatic rings. The van der Waals surface area contributed by atoms with Crippen LogP contribution in [0.1, 0.15) is 18.4 Å². The van der Waals surface area contributed by atoms with E-state index in [1.165, 1.54) is 33.7 Å². The van der Waals surface area contributed by atoms with Gasteiger partial charge in [0.05, 0.1) is 0 Å². The number of nitrogens with zero attached hydrogens (tertiary/aromatic N) is 3. The van der Waals surface area contributed by atoms with Crippen LogP contribution in [0.5, 0.6) is 0 Å². The average Bonchev–Trinajstić information content (AvgIpc) is 3.18. The number of aromatic nitrogens is 3. The van der Waals surface area contributed by atoms with Gasteiger partial charge in [-0.25, -0.2) is 4.98 Å². The molecule has 2 aromatic heterocycles. The second kappa shape index (κ2) is 5.07. The van der Waals surface area contributed by atoms with Gasteiger partial charge in [0, 0.05) is 29.2 Å². The fourth-order valence-corrected chi connectivity index (χ4v) is 3.48. The van der Waals surface area contributed by atoms with E-state index in [9.17, 15) is 4.79 Å². The van der Waals surface area contributed by atoms with E-state index >= 15 is 0 Å². The van der Waals surface area contributed by atoms with Crippen molar-refractivity contribution in [1.82, 2.24) is 14.6 Å². The predicted octanol–water partition coefficient (Wildman–Crippen LogP) is 2.95. The molecular formula is C15H13ClN4OS. The van der Waals surface area contributed by atoms with E-state index in [4.69, 9.17) is 11.6 Å². The fraction of sp³-hybridized carbons (Fsp3) is 0.267. The molecule has 1 fully saturated rings. The van der Waals surface area contributed by atoms with Gasteiger partial charge in [-0.2, -0.15) is 4.52 Å². The SMILES string of the molecule is O=c1ccnc2sc(NCC3(c4ccc(Cl)cc4)CC3)nn12. The lowest BCUT2D eigenvalue weighted by atomic mass is 9.96. The highest BCUT2D eigenvalue weighted by Crippen LogP contribution is 2.48.